The molecule has 1 nitrogen and oxygen atoms in total. The van der Waals surface area contributed by atoms with Gasteiger partial charge in [0.05, 0.1) is 6.10 Å². The Kier molecular flexibility index (Phi) is 5.57. The molecule has 0 aliphatic carbocycles. The molecule has 0 aliphatic rings. The fourth-order valence-electron chi connectivity index (χ4n) is 1.44. The Balaban J connectivity index is 3.48. The topological polar surface area (TPSA) is 20.2 Å². The molecule has 0 spiro atoms. The van der Waals surface area contributed by atoms with E-state index in [1.165, 1.54) is 12.8 Å². The molecule has 11 heavy (non-hydrogen) atoms. The van der Waals surface area contributed by atoms with Crippen molar-refractivity contribution in [2.24, 2.45) is 11.8 Å². The van der Waals surface area contributed by atoms with Crippen LogP contribution in [-0.4, -0.2) is 11.2 Å². The minimum atomic E-state index is -0.144. The van der Waals surface area contributed by atoms with Gasteiger partial charge in [-0.2, -0.15) is 0 Å². The molecule has 0 rings (SSSR count). The maximum Gasteiger partial charge on any atom is 0.0537 e. The number of hydrogen-bond acceptors (Lipinski definition) is 1. The molecule has 0 amide bonds. The molecule has 0 radical (unpaired) electrons. The van der Waals surface area contributed by atoms with E-state index in [1.54, 1.807) is 0 Å². The van der Waals surface area contributed by atoms with Crippen LogP contribution in [0.15, 0.2) is 0 Å². The van der Waals surface area contributed by atoms with E-state index in [9.17, 15) is 5.11 Å². The van der Waals surface area contributed by atoms with Crippen molar-refractivity contribution < 1.29 is 5.11 Å². The van der Waals surface area contributed by atoms with Gasteiger partial charge in [-0.15, -0.1) is 0 Å². The van der Waals surface area contributed by atoms with Crippen LogP contribution in [0.4, 0.5) is 0 Å². The Labute approximate surface area is 70.8 Å². The molecule has 1 N–H and O–H groups in total. The van der Waals surface area contributed by atoms with E-state index < -0.39 is 0 Å². The molecule has 0 heterocycles. The number of hydrogen-bond donors (Lipinski definition) is 1. The first kappa shape index (κ1) is 11.0. The average Bonchev–Trinajstić information content (AvgIpc) is 1.87. The minimum Gasteiger partial charge on any atom is -0.393 e. The van der Waals surface area contributed by atoms with Crippen molar-refractivity contribution in [1.29, 1.82) is 0 Å². The Bertz CT molecular complexity index is 88.9. The van der Waals surface area contributed by atoms with Gasteiger partial charge in [0.2, 0.25) is 0 Å². The lowest BCUT2D eigenvalue weighted by Crippen LogP contribution is -2.15. The molecule has 0 fully saturated rings. The number of aliphatic hydroxyl groups excluding tert-OH is 1. The van der Waals surface area contributed by atoms with Crippen molar-refractivity contribution in [3.05, 3.63) is 0 Å². The lowest BCUT2D eigenvalue weighted by molar-refractivity contribution is 0.119. The van der Waals surface area contributed by atoms with Crippen LogP contribution < -0.4 is 0 Å². The molecule has 3 unspecified atom stereocenters. The van der Waals surface area contributed by atoms with Crippen molar-refractivity contribution in [2.45, 2.75) is 53.1 Å². The fraction of sp³-hybridized carbons (Fsp3) is 1.00. The largest absolute Gasteiger partial charge is 0.393 e. The van der Waals surface area contributed by atoms with Crippen LogP contribution in [0.1, 0.15) is 47.0 Å². The van der Waals surface area contributed by atoms with Crippen LogP contribution >= 0.6 is 0 Å². The summed E-state index contributed by atoms with van der Waals surface area (Å²) in [6.45, 7) is 8.48. The van der Waals surface area contributed by atoms with Crippen LogP contribution in [0, 0.1) is 11.8 Å². The smallest absolute Gasteiger partial charge is 0.0537 e. The van der Waals surface area contributed by atoms with Crippen molar-refractivity contribution in [3.63, 3.8) is 0 Å². The Hall–Kier alpha value is -0.0400. The van der Waals surface area contributed by atoms with E-state index in [4.69, 9.17) is 0 Å². The van der Waals surface area contributed by atoms with Gasteiger partial charge in [0.15, 0.2) is 0 Å². The maximum absolute atomic E-state index is 9.24. The summed E-state index contributed by atoms with van der Waals surface area (Å²) < 4.78 is 0. The molecular formula is C10H22O. The van der Waals surface area contributed by atoms with Crippen molar-refractivity contribution >= 4 is 0 Å². The summed E-state index contributed by atoms with van der Waals surface area (Å²) in [4.78, 5) is 0. The van der Waals surface area contributed by atoms with Crippen LogP contribution in [0.5, 0.6) is 0 Å². The molecule has 0 aromatic carbocycles. The van der Waals surface area contributed by atoms with E-state index >= 15 is 0 Å². The van der Waals surface area contributed by atoms with Gasteiger partial charge in [-0.05, 0) is 25.2 Å². The van der Waals surface area contributed by atoms with Crippen molar-refractivity contribution in [3.8, 4) is 0 Å². The van der Waals surface area contributed by atoms with Crippen LogP contribution in [0.3, 0.4) is 0 Å². The second kappa shape index (κ2) is 5.59. The lowest BCUT2D eigenvalue weighted by atomic mass is 9.91. The van der Waals surface area contributed by atoms with Gasteiger partial charge in [-0.1, -0.05) is 33.6 Å². The Morgan fingerprint density at radius 2 is 1.73 bits per heavy atom. The molecule has 68 valence electrons. The molecule has 0 saturated heterocycles. The summed E-state index contributed by atoms with van der Waals surface area (Å²) in [5, 5.41) is 9.24. The molecular weight excluding hydrogens is 136 g/mol. The third-order valence-electron chi connectivity index (χ3n) is 2.38. The summed E-state index contributed by atoms with van der Waals surface area (Å²) in [5.41, 5.74) is 0. The average molecular weight is 158 g/mol. The summed E-state index contributed by atoms with van der Waals surface area (Å²) in [6.07, 6.45) is 3.56. The van der Waals surface area contributed by atoms with Gasteiger partial charge in [-0.3, -0.25) is 0 Å². The SMILES string of the molecule is CCCC(C)CC(C)C(C)O. The molecule has 0 aromatic heterocycles. The van der Waals surface area contributed by atoms with E-state index in [-0.39, 0.29) is 6.10 Å². The second-order valence-corrected chi connectivity index (χ2v) is 3.85. The van der Waals surface area contributed by atoms with Gasteiger partial charge in [0, 0.05) is 0 Å². The second-order valence-electron chi connectivity index (χ2n) is 3.85. The fourth-order valence-corrected chi connectivity index (χ4v) is 1.44. The summed E-state index contributed by atoms with van der Waals surface area (Å²) in [5.74, 6) is 1.22. The van der Waals surface area contributed by atoms with E-state index in [2.05, 4.69) is 20.8 Å². The summed E-state index contributed by atoms with van der Waals surface area (Å²) in [6, 6.07) is 0. The first-order valence-electron chi connectivity index (χ1n) is 4.76. The zero-order valence-electron chi connectivity index (χ0n) is 8.30. The highest BCUT2D eigenvalue weighted by molar-refractivity contribution is 4.63. The third-order valence-corrected chi connectivity index (χ3v) is 2.38. The predicted octanol–water partition coefficient (Wildman–Crippen LogP) is 2.83. The third kappa shape index (κ3) is 5.25. The van der Waals surface area contributed by atoms with E-state index in [0.29, 0.717) is 5.92 Å². The molecule has 3 atom stereocenters. The van der Waals surface area contributed by atoms with Crippen LogP contribution in [0.2, 0.25) is 0 Å². The first-order valence-corrected chi connectivity index (χ1v) is 4.76. The lowest BCUT2D eigenvalue weighted by Gasteiger charge is -2.18. The van der Waals surface area contributed by atoms with Crippen LogP contribution in [-0.2, 0) is 0 Å². The summed E-state index contributed by atoms with van der Waals surface area (Å²) in [7, 11) is 0. The van der Waals surface area contributed by atoms with Gasteiger partial charge < -0.3 is 5.11 Å². The maximum atomic E-state index is 9.24. The molecule has 0 saturated carbocycles. The Morgan fingerprint density at radius 1 is 1.18 bits per heavy atom. The van der Waals surface area contributed by atoms with Crippen LogP contribution in [0.25, 0.3) is 0 Å². The van der Waals surface area contributed by atoms with Gasteiger partial charge in [0.25, 0.3) is 0 Å². The Morgan fingerprint density at radius 3 is 2.09 bits per heavy atom. The molecule has 0 aromatic rings. The number of aliphatic hydroxyl groups is 1. The minimum absolute atomic E-state index is 0.144. The van der Waals surface area contributed by atoms with E-state index in [1.807, 2.05) is 6.92 Å². The quantitative estimate of drug-likeness (QED) is 0.652. The molecule has 0 bridgehead atoms. The summed E-state index contributed by atoms with van der Waals surface area (Å²) >= 11 is 0. The highest BCUT2D eigenvalue weighted by Gasteiger charge is 2.12. The molecule has 1 heteroatoms. The highest BCUT2D eigenvalue weighted by Crippen LogP contribution is 2.18. The van der Waals surface area contributed by atoms with Gasteiger partial charge in [0.1, 0.15) is 0 Å². The number of rotatable bonds is 5. The monoisotopic (exact) mass is 158 g/mol. The zero-order chi connectivity index (χ0) is 8.85. The van der Waals surface area contributed by atoms with Gasteiger partial charge in [-0.25, -0.2) is 0 Å². The van der Waals surface area contributed by atoms with Gasteiger partial charge >= 0.3 is 0 Å². The van der Waals surface area contributed by atoms with E-state index in [0.717, 1.165) is 12.3 Å². The predicted molar refractivity (Wildman–Crippen MR) is 49.5 cm³/mol. The van der Waals surface area contributed by atoms with Crippen molar-refractivity contribution in [2.75, 3.05) is 0 Å². The van der Waals surface area contributed by atoms with Crippen molar-refractivity contribution in [1.82, 2.24) is 0 Å². The first-order chi connectivity index (χ1) is 5.07. The normalized spacial score (nSPS) is 19.4. The highest BCUT2D eigenvalue weighted by atomic mass is 16.3. The zero-order valence-corrected chi connectivity index (χ0v) is 8.30. The molecule has 0 aliphatic heterocycles. The standard InChI is InChI=1S/C10H22O/c1-5-6-8(2)7-9(3)10(4)11/h8-11H,5-7H2,1-4H3.